The summed E-state index contributed by atoms with van der Waals surface area (Å²) in [7, 11) is 1.40. The minimum Gasteiger partial charge on any atom is -0.496 e. The molecule has 1 aromatic heterocycles. The van der Waals surface area contributed by atoms with Crippen LogP contribution in [0.3, 0.4) is 0 Å². The highest BCUT2D eigenvalue weighted by Crippen LogP contribution is 2.42. The first-order valence-electron chi connectivity index (χ1n) is 9.51. The van der Waals surface area contributed by atoms with E-state index in [1.54, 1.807) is 12.1 Å². The number of halogens is 3. The number of fused-ring (bicyclic) bond motifs is 1. The van der Waals surface area contributed by atoms with Gasteiger partial charge in [0.25, 0.3) is 0 Å². The molecule has 0 atom stereocenters. The van der Waals surface area contributed by atoms with Gasteiger partial charge < -0.3 is 15.4 Å². The van der Waals surface area contributed by atoms with Gasteiger partial charge in [0, 0.05) is 24.0 Å². The lowest BCUT2D eigenvalue weighted by molar-refractivity contribution is 0.413. The maximum absolute atomic E-state index is 15.7. The van der Waals surface area contributed by atoms with Crippen LogP contribution in [0.15, 0.2) is 24.3 Å². The van der Waals surface area contributed by atoms with Crippen LogP contribution < -0.4 is 15.4 Å². The van der Waals surface area contributed by atoms with Gasteiger partial charge in [-0.1, -0.05) is 17.7 Å². The van der Waals surface area contributed by atoms with E-state index in [1.807, 2.05) is 0 Å². The highest BCUT2D eigenvalue weighted by atomic mass is 35.5. The molecule has 1 saturated heterocycles. The number of piperidine rings is 1. The van der Waals surface area contributed by atoms with Gasteiger partial charge in [0.2, 0.25) is 0 Å². The molecule has 0 bridgehead atoms. The summed E-state index contributed by atoms with van der Waals surface area (Å²) < 4.78 is 35.6. The van der Waals surface area contributed by atoms with Crippen LogP contribution in [0.5, 0.6) is 5.75 Å². The Morgan fingerprint density at radius 2 is 1.90 bits per heavy atom. The molecule has 0 aliphatic carbocycles. The van der Waals surface area contributed by atoms with Gasteiger partial charge in [0.15, 0.2) is 5.82 Å². The Hall–Kier alpha value is -2.51. The number of hydrogen-bond donors (Lipinski definition) is 1. The quantitative estimate of drug-likeness (QED) is 0.666. The zero-order valence-electron chi connectivity index (χ0n) is 16.0. The predicted octanol–water partition coefficient (Wildman–Crippen LogP) is 4.69. The van der Waals surface area contributed by atoms with E-state index in [0.29, 0.717) is 17.0 Å². The highest BCUT2D eigenvalue weighted by molar-refractivity contribution is 6.34. The van der Waals surface area contributed by atoms with Crippen LogP contribution in [0.2, 0.25) is 5.02 Å². The largest absolute Gasteiger partial charge is 0.496 e. The van der Waals surface area contributed by atoms with E-state index in [-0.39, 0.29) is 34.0 Å². The fourth-order valence-corrected chi connectivity index (χ4v) is 4.10. The molecule has 29 heavy (non-hydrogen) atoms. The third-order valence-corrected chi connectivity index (χ3v) is 5.49. The molecule has 2 N–H and O–H groups in total. The minimum atomic E-state index is -0.716. The van der Waals surface area contributed by atoms with Gasteiger partial charge in [-0.3, -0.25) is 0 Å². The zero-order valence-corrected chi connectivity index (χ0v) is 16.8. The second kappa shape index (κ2) is 8.08. The van der Waals surface area contributed by atoms with E-state index < -0.39 is 11.6 Å². The molecule has 5 nitrogen and oxygen atoms in total. The van der Waals surface area contributed by atoms with Gasteiger partial charge in [0.1, 0.15) is 28.7 Å². The van der Waals surface area contributed by atoms with Crippen molar-refractivity contribution in [1.82, 2.24) is 9.97 Å². The third kappa shape index (κ3) is 3.49. The second-order valence-corrected chi connectivity index (χ2v) is 7.38. The molecule has 2 heterocycles. The van der Waals surface area contributed by atoms with E-state index in [9.17, 15) is 4.39 Å². The first kappa shape index (κ1) is 19.8. The molecule has 3 aromatic rings. The van der Waals surface area contributed by atoms with Crippen molar-refractivity contribution < 1.29 is 13.5 Å². The molecule has 8 heteroatoms. The summed E-state index contributed by atoms with van der Waals surface area (Å²) in [5.74, 6) is -0.219. The standard InChI is InChI=1S/C21H21ClF2N4O/c1-29-15-7-5-6-14(23)18(15)17-13(22)10-12-20(19(17)24)26-16(11-25)27-21(12)28-8-3-2-4-9-28/h5-7,10H,2-4,8-9,11,25H2,1H3. The molecule has 0 spiro atoms. The molecule has 0 radical (unpaired) electrons. The lowest BCUT2D eigenvalue weighted by Crippen LogP contribution is -2.31. The Bertz CT molecular complexity index is 1070. The monoisotopic (exact) mass is 418 g/mol. The Morgan fingerprint density at radius 3 is 2.59 bits per heavy atom. The number of nitrogens with zero attached hydrogens (tertiary/aromatic N) is 3. The van der Waals surface area contributed by atoms with Crippen LogP contribution in [0.1, 0.15) is 25.1 Å². The second-order valence-electron chi connectivity index (χ2n) is 6.98. The summed E-state index contributed by atoms with van der Waals surface area (Å²) in [5, 5.41) is 0.561. The van der Waals surface area contributed by atoms with Gasteiger partial charge >= 0.3 is 0 Å². The molecule has 0 unspecified atom stereocenters. The van der Waals surface area contributed by atoms with Crippen molar-refractivity contribution in [3.05, 3.63) is 46.7 Å². The number of nitrogens with two attached hydrogens (primary N) is 1. The molecule has 0 saturated carbocycles. The van der Waals surface area contributed by atoms with Crippen LogP contribution in [-0.2, 0) is 6.54 Å². The number of methoxy groups -OCH3 is 1. The van der Waals surface area contributed by atoms with Crippen molar-refractivity contribution in [2.75, 3.05) is 25.1 Å². The summed E-state index contributed by atoms with van der Waals surface area (Å²) >= 11 is 6.47. The molecule has 1 aliphatic rings. The molecule has 0 amide bonds. The molecular weight excluding hydrogens is 398 g/mol. The number of rotatable bonds is 4. The average Bonchev–Trinajstić information content (AvgIpc) is 2.75. The lowest BCUT2D eigenvalue weighted by Gasteiger charge is -2.29. The summed E-state index contributed by atoms with van der Waals surface area (Å²) in [6, 6.07) is 5.89. The number of aromatic nitrogens is 2. The molecule has 1 aliphatic heterocycles. The number of hydrogen-bond acceptors (Lipinski definition) is 5. The third-order valence-electron chi connectivity index (χ3n) is 5.19. The van der Waals surface area contributed by atoms with Crippen molar-refractivity contribution >= 4 is 28.3 Å². The van der Waals surface area contributed by atoms with Crippen LogP contribution in [0.4, 0.5) is 14.6 Å². The van der Waals surface area contributed by atoms with E-state index in [0.717, 1.165) is 32.4 Å². The average molecular weight is 419 g/mol. The van der Waals surface area contributed by atoms with Crippen molar-refractivity contribution in [2.45, 2.75) is 25.8 Å². The lowest BCUT2D eigenvalue weighted by atomic mass is 10.0. The predicted molar refractivity (Wildman–Crippen MR) is 110 cm³/mol. The SMILES string of the molecule is COc1cccc(F)c1-c1c(Cl)cc2c(N3CCCCC3)nc(CN)nc2c1F. The minimum absolute atomic E-state index is 0.0353. The fourth-order valence-electron chi connectivity index (χ4n) is 3.81. The Labute approximate surface area is 172 Å². The van der Waals surface area contributed by atoms with Crippen molar-refractivity contribution in [3.63, 3.8) is 0 Å². The Kier molecular flexibility index (Phi) is 5.52. The molecule has 1 fully saturated rings. The summed E-state index contributed by atoms with van der Waals surface area (Å²) in [5.41, 5.74) is 5.72. The molecular formula is C21H21ClF2N4O. The molecule has 152 valence electrons. The number of benzene rings is 2. The summed E-state index contributed by atoms with van der Waals surface area (Å²) in [4.78, 5) is 10.9. The van der Waals surface area contributed by atoms with Crippen molar-refractivity contribution in [2.24, 2.45) is 5.73 Å². The number of anilines is 1. The Morgan fingerprint density at radius 1 is 1.14 bits per heavy atom. The first-order chi connectivity index (χ1) is 14.0. The van der Waals surface area contributed by atoms with Gasteiger partial charge in [-0.2, -0.15) is 0 Å². The van der Waals surface area contributed by atoms with E-state index in [1.165, 1.54) is 19.2 Å². The van der Waals surface area contributed by atoms with Gasteiger partial charge in [-0.05, 0) is 37.5 Å². The van der Waals surface area contributed by atoms with Crippen LogP contribution in [0.25, 0.3) is 22.0 Å². The first-order valence-corrected chi connectivity index (χ1v) is 9.89. The maximum Gasteiger partial charge on any atom is 0.159 e. The van der Waals surface area contributed by atoms with Crippen LogP contribution >= 0.6 is 11.6 Å². The van der Waals surface area contributed by atoms with Crippen molar-refractivity contribution in [3.8, 4) is 16.9 Å². The van der Waals surface area contributed by atoms with E-state index in [2.05, 4.69) is 14.9 Å². The topological polar surface area (TPSA) is 64.3 Å². The Balaban J connectivity index is 2.01. The zero-order chi connectivity index (χ0) is 20.5. The fraction of sp³-hybridized carbons (Fsp3) is 0.333. The summed E-state index contributed by atoms with van der Waals surface area (Å²) in [6.45, 7) is 1.70. The van der Waals surface area contributed by atoms with Crippen LogP contribution in [0, 0.1) is 11.6 Å². The normalized spacial score (nSPS) is 14.4. The number of ether oxygens (including phenoxy) is 1. The van der Waals surface area contributed by atoms with Crippen LogP contribution in [-0.4, -0.2) is 30.2 Å². The van der Waals surface area contributed by atoms with Gasteiger partial charge in [-0.25, -0.2) is 18.7 Å². The van der Waals surface area contributed by atoms with E-state index in [4.69, 9.17) is 22.1 Å². The summed E-state index contributed by atoms with van der Waals surface area (Å²) in [6.07, 6.45) is 3.21. The van der Waals surface area contributed by atoms with E-state index >= 15 is 4.39 Å². The smallest absolute Gasteiger partial charge is 0.159 e. The molecule has 4 rings (SSSR count). The highest BCUT2D eigenvalue weighted by Gasteiger charge is 2.25. The van der Waals surface area contributed by atoms with Crippen molar-refractivity contribution in [1.29, 1.82) is 0 Å². The molecule has 2 aromatic carbocycles. The maximum atomic E-state index is 15.7. The van der Waals surface area contributed by atoms with Gasteiger partial charge in [0.05, 0.1) is 24.2 Å². The van der Waals surface area contributed by atoms with Gasteiger partial charge in [-0.15, -0.1) is 0 Å².